The Morgan fingerprint density at radius 3 is 2.78 bits per heavy atom. The summed E-state index contributed by atoms with van der Waals surface area (Å²) >= 11 is 0. The molecule has 2 aromatic rings. The van der Waals surface area contributed by atoms with Crippen LogP contribution in [0.2, 0.25) is 0 Å². The molecule has 0 saturated carbocycles. The van der Waals surface area contributed by atoms with E-state index in [1.54, 1.807) is 12.4 Å². The Hall–Kier alpha value is -1.75. The van der Waals surface area contributed by atoms with Crippen molar-refractivity contribution < 1.29 is 0 Å². The van der Waals surface area contributed by atoms with E-state index in [1.807, 2.05) is 12.1 Å². The summed E-state index contributed by atoms with van der Waals surface area (Å²) in [5.74, 6) is 2.26. The van der Waals surface area contributed by atoms with Gasteiger partial charge in [0.2, 0.25) is 0 Å². The van der Waals surface area contributed by atoms with Gasteiger partial charge in [0.15, 0.2) is 5.82 Å². The minimum absolute atomic E-state index is 0. The highest BCUT2D eigenvalue weighted by atomic mass is 15.2. The van der Waals surface area contributed by atoms with Crippen molar-refractivity contribution in [3.8, 4) is 11.4 Å². The van der Waals surface area contributed by atoms with Crippen LogP contribution in [0.1, 0.15) is 32.0 Å². The Labute approximate surface area is 107 Å². The molecule has 1 fully saturated rings. The molecule has 1 aliphatic heterocycles. The first-order valence-electron chi connectivity index (χ1n) is 5.97. The fourth-order valence-corrected chi connectivity index (χ4v) is 2.18. The first-order chi connectivity index (χ1) is 8.43. The van der Waals surface area contributed by atoms with Crippen LogP contribution in [0.4, 0.5) is 0 Å². The lowest BCUT2D eigenvalue weighted by molar-refractivity contribution is 0.446. The second-order valence-corrected chi connectivity index (χ2v) is 4.31. The lowest BCUT2D eigenvalue weighted by Gasteiger charge is -2.19. The molecule has 3 heterocycles. The third-order valence-corrected chi connectivity index (χ3v) is 3.15. The SMILES string of the molecule is C.c1cncc(-c2n[nH]c(C3CCNCC3)n2)c1. The fourth-order valence-electron chi connectivity index (χ4n) is 2.18. The Kier molecular flexibility index (Phi) is 4.04. The van der Waals surface area contributed by atoms with E-state index in [0.717, 1.165) is 43.1 Å². The summed E-state index contributed by atoms with van der Waals surface area (Å²) in [4.78, 5) is 8.65. The van der Waals surface area contributed by atoms with E-state index in [9.17, 15) is 0 Å². The third-order valence-electron chi connectivity index (χ3n) is 3.15. The Bertz CT molecular complexity index is 473. The fraction of sp³-hybridized carbons (Fsp3) is 0.462. The lowest BCUT2D eigenvalue weighted by atomic mass is 9.98. The number of rotatable bonds is 2. The second-order valence-electron chi connectivity index (χ2n) is 4.31. The van der Waals surface area contributed by atoms with Crippen molar-refractivity contribution in [2.24, 2.45) is 0 Å². The molecule has 96 valence electrons. The molecule has 0 atom stereocenters. The molecule has 2 N–H and O–H groups in total. The molecular formula is C13H19N5. The molecule has 0 unspecified atom stereocenters. The van der Waals surface area contributed by atoms with Gasteiger partial charge in [0.05, 0.1) is 0 Å². The molecule has 0 spiro atoms. The molecule has 0 amide bonds. The van der Waals surface area contributed by atoms with Gasteiger partial charge in [0, 0.05) is 23.9 Å². The molecule has 0 aliphatic carbocycles. The predicted molar refractivity (Wildman–Crippen MR) is 71.2 cm³/mol. The molecule has 0 radical (unpaired) electrons. The van der Waals surface area contributed by atoms with Crippen LogP contribution in [0.5, 0.6) is 0 Å². The summed E-state index contributed by atoms with van der Waals surface area (Å²) in [6.07, 6.45) is 5.79. The van der Waals surface area contributed by atoms with Crippen molar-refractivity contribution in [3.63, 3.8) is 0 Å². The standard InChI is InChI=1S/C12H15N5.CH4/c1-2-10(8-14-5-1)12-15-11(16-17-12)9-3-6-13-7-4-9;/h1-2,5,8-9,13H,3-4,6-7H2,(H,15,16,17);1H4. The Morgan fingerprint density at radius 2 is 2.06 bits per heavy atom. The Morgan fingerprint density at radius 1 is 1.22 bits per heavy atom. The number of hydrogen-bond acceptors (Lipinski definition) is 4. The van der Waals surface area contributed by atoms with Crippen LogP contribution in [-0.4, -0.2) is 33.3 Å². The molecule has 1 aliphatic rings. The second kappa shape index (κ2) is 5.73. The summed E-state index contributed by atoms with van der Waals surface area (Å²) in [7, 11) is 0. The molecule has 1 saturated heterocycles. The first kappa shape index (κ1) is 12.7. The van der Waals surface area contributed by atoms with E-state index < -0.39 is 0 Å². The molecule has 18 heavy (non-hydrogen) atoms. The average Bonchev–Trinajstić information content (AvgIpc) is 2.90. The van der Waals surface area contributed by atoms with Crippen LogP contribution in [0.25, 0.3) is 11.4 Å². The molecular weight excluding hydrogens is 226 g/mol. The summed E-state index contributed by atoms with van der Waals surface area (Å²) in [6, 6.07) is 3.87. The molecule has 5 nitrogen and oxygen atoms in total. The minimum Gasteiger partial charge on any atom is -0.317 e. The smallest absolute Gasteiger partial charge is 0.182 e. The summed E-state index contributed by atoms with van der Waals surface area (Å²) in [5, 5.41) is 10.7. The van der Waals surface area contributed by atoms with Crippen LogP contribution in [0.3, 0.4) is 0 Å². The number of aromatic nitrogens is 4. The van der Waals surface area contributed by atoms with E-state index >= 15 is 0 Å². The lowest BCUT2D eigenvalue weighted by Crippen LogP contribution is -2.27. The van der Waals surface area contributed by atoms with Crippen LogP contribution < -0.4 is 5.32 Å². The van der Waals surface area contributed by atoms with Gasteiger partial charge in [-0.2, -0.15) is 5.10 Å². The van der Waals surface area contributed by atoms with Gasteiger partial charge in [-0.05, 0) is 38.1 Å². The zero-order valence-corrected chi connectivity index (χ0v) is 9.56. The number of hydrogen-bond donors (Lipinski definition) is 2. The van der Waals surface area contributed by atoms with Crippen molar-refractivity contribution in [1.82, 2.24) is 25.5 Å². The first-order valence-corrected chi connectivity index (χ1v) is 5.97. The normalized spacial score (nSPS) is 16.2. The van der Waals surface area contributed by atoms with E-state index in [1.165, 1.54) is 0 Å². The predicted octanol–water partition coefficient (Wildman–Crippen LogP) is 1.97. The van der Waals surface area contributed by atoms with Crippen LogP contribution in [-0.2, 0) is 0 Å². The Balaban J connectivity index is 0.00000120. The number of aromatic amines is 1. The van der Waals surface area contributed by atoms with Gasteiger partial charge < -0.3 is 5.32 Å². The zero-order valence-electron chi connectivity index (χ0n) is 9.56. The number of nitrogens with zero attached hydrogens (tertiary/aromatic N) is 3. The van der Waals surface area contributed by atoms with Gasteiger partial charge >= 0.3 is 0 Å². The minimum atomic E-state index is 0. The number of H-pyrrole nitrogens is 1. The number of nitrogens with one attached hydrogen (secondary N) is 2. The van der Waals surface area contributed by atoms with E-state index in [2.05, 4.69) is 25.5 Å². The zero-order chi connectivity index (χ0) is 11.5. The van der Waals surface area contributed by atoms with Crippen molar-refractivity contribution >= 4 is 0 Å². The van der Waals surface area contributed by atoms with Crippen molar-refractivity contribution in [2.45, 2.75) is 26.2 Å². The topological polar surface area (TPSA) is 66.5 Å². The number of pyridine rings is 1. The third kappa shape index (κ3) is 2.56. The van der Waals surface area contributed by atoms with Crippen molar-refractivity contribution in [3.05, 3.63) is 30.4 Å². The van der Waals surface area contributed by atoms with E-state index in [0.29, 0.717) is 5.92 Å². The van der Waals surface area contributed by atoms with Crippen LogP contribution >= 0.6 is 0 Å². The number of piperidine rings is 1. The monoisotopic (exact) mass is 245 g/mol. The molecule has 5 heteroatoms. The van der Waals surface area contributed by atoms with Gasteiger partial charge in [-0.15, -0.1) is 0 Å². The van der Waals surface area contributed by atoms with Gasteiger partial charge in [0.1, 0.15) is 5.82 Å². The van der Waals surface area contributed by atoms with E-state index in [4.69, 9.17) is 0 Å². The quantitative estimate of drug-likeness (QED) is 0.849. The molecule has 2 aromatic heterocycles. The highest BCUT2D eigenvalue weighted by Gasteiger charge is 2.19. The van der Waals surface area contributed by atoms with Crippen molar-refractivity contribution in [2.75, 3.05) is 13.1 Å². The van der Waals surface area contributed by atoms with Crippen LogP contribution in [0.15, 0.2) is 24.5 Å². The molecule has 3 rings (SSSR count). The molecule has 0 aromatic carbocycles. The van der Waals surface area contributed by atoms with Gasteiger partial charge in [-0.1, -0.05) is 7.43 Å². The molecule has 0 bridgehead atoms. The average molecular weight is 245 g/mol. The highest BCUT2D eigenvalue weighted by molar-refractivity contribution is 5.52. The summed E-state index contributed by atoms with van der Waals surface area (Å²) < 4.78 is 0. The maximum absolute atomic E-state index is 4.57. The van der Waals surface area contributed by atoms with Gasteiger partial charge in [0.25, 0.3) is 0 Å². The highest BCUT2D eigenvalue weighted by Crippen LogP contribution is 2.23. The summed E-state index contributed by atoms with van der Waals surface area (Å²) in [6.45, 7) is 2.13. The summed E-state index contributed by atoms with van der Waals surface area (Å²) in [5.41, 5.74) is 0.962. The van der Waals surface area contributed by atoms with Crippen LogP contribution in [0, 0.1) is 0 Å². The largest absolute Gasteiger partial charge is 0.317 e. The van der Waals surface area contributed by atoms with Crippen molar-refractivity contribution in [1.29, 1.82) is 0 Å². The van der Waals surface area contributed by atoms with Gasteiger partial charge in [-0.3, -0.25) is 10.1 Å². The van der Waals surface area contributed by atoms with Gasteiger partial charge in [-0.25, -0.2) is 4.98 Å². The van der Waals surface area contributed by atoms with E-state index in [-0.39, 0.29) is 7.43 Å². The maximum atomic E-state index is 4.57. The maximum Gasteiger partial charge on any atom is 0.182 e.